The van der Waals surface area contributed by atoms with Crippen LogP contribution in [0.1, 0.15) is 37.5 Å². The van der Waals surface area contributed by atoms with E-state index < -0.39 is 5.60 Å². The lowest BCUT2D eigenvalue weighted by atomic mass is 9.99. The molecule has 2 rings (SSSR count). The molecule has 4 heteroatoms. The molecule has 0 saturated heterocycles. The molecule has 0 aliphatic heterocycles. The molecule has 1 aromatic heterocycles. The van der Waals surface area contributed by atoms with Crippen LogP contribution in [0.15, 0.2) is 36.7 Å². The minimum absolute atomic E-state index is 0.492. The highest BCUT2D eigenvalue weighted by molar-refractivity contribution is 5.23. The van der Waals surface area contributed by atoms with Crippen LogP contribution in [-0.2, 0) is 25.6 Å². The van der Waals surface area contributed by atoms with Gasteiger partial charge in [-0.1, -0.05) is 38.1 Å². The predicted molar refractivity (Wildman–Crippen MR) is 89.5 cm³/mol. The molecule has 2 N–H and O–H groups in total. The Balaban J connectivity index is 1.85. The van der Waals surface area contributed by atoms with Crippen molar-refractivity contribution in [2.45, 2.75) is 39.3 Å². The van der Waals surface area contributed by atoms with Gasteiger partial charge in [0, 0.05) is 31.9 Å². The van der Waals surface area contributed by atoms with Crippen LogP contribution in [0.25, 0.3) is 0 Å². The number of hydrogen-bond donors (Lipinski definition) is 2. The first-order valence-electron chi connectivity index (χ1n) is 7.87. The number of hydrogen-bond acceptors (Lipinski definition) is 3. The van der Waals surface area contributed by atoms with Crippen molar-refractivity contribution in [2.24, 2.45) is 13.0 Å². The van der Waals surface area contributed by atoms with Crippen LogP contribution in [0.5, 0.6) is 0 Å². The summed E-state index contributed by atoms with van der Waals surface area (Å²) in [7, 11) is 1.85. The van der Waals surface area contributed by atoms with E-state index in [0.29, 0.717) is 12.5 Å². The van der Waals surface area contributed by atoms with Crippen molar-refractivity contribution in [2.75, 3.05) is 6.54 Å². The molecule has 1 aromatic carbocycles. The highest BCUT2D eigenvalue weighted by Crippen LogP contribution is 2.18. The predicted octanol–water partition coefficient (Wildman–Crippen LogP) is 2.62. The van der Waals surface area contributed by atoms with Gasteiger partial charge in [0.1, 0.15) is 5.60 Å². The maximum absolute atomic E-state index is 10.5. The summed E-state index contributed by atoms with van der Waals surface area (Å²) in [4.78, 5) is 0. The standard InChI is InChI=1S/C18H27N3O/c1-14(2)9-15-5-7-16(8-6-15)10-19-13-18(3,22)17-11-20-21(4)12-17/h5-8,11-12,14,19,22H,9-10,13H2,1-4H3. The van der Waals surface area contributed by atoms with Crippen molar-refractivity contribution >= 4 is 0 Å². The molecule has 120 valence electrons. The Hall–Kier alpha value is -1.65. The minimum atomic E-state index is -0.911. The Morgan fingerprint density at radius 3 is 2.41 bits per heavy atom. The van der Waals surface area contributed by atoms with Crippen LogP contribution in [0.3, 0.4) is 0 Å². The molecule has 0 aliphatic rings. The van der Waals surface area contributed by atoms with Crippen LogP contribution in [0, 0.1) is 5.92 Å². The largest absolute Gasteiger partial charge is 0.384 e. The summed E-state index contributed by atoms with van der Waals surface area (Å²) in [6, 6.07) is 8.69. The van der Waals surface area contributed by atoms with Gasteiger partial charge >= 0.3 is 0 Å². The molecule has 0 radical (unpaired) electrons. The van der Waals surface area contributed by atoms with E-state index in [1.165, 1.54) is 11.1 Å². The molecule has 0 saturated carbocycles. The number of aliphatic hydroxyl groups is 1. The van der Waals surface area contributed by atoms with Gasteiger partial charge in [0.05, 0.1) is 6.20 Å². The van der Waals surface area contributed by atoms with E-state index >= 15 is 0 Å². The average Bonchev–Trinajstić information content (AvgIpc) is 2.87. The van der Waals surface area contributed by atoms with Gasteiger partial charge in [-0.25, -0.2) is 0 Å². The van der Waals surface area contributed by atoms with Gasteiger partial charge in [0.15, 0.2) is 0 Å². The summed E-state index contributed by atoms with van der Waals surface area (Å²) >= 11 is 0. The van der Waals surface area contributed by atoms with Crippen molar-refractivity contribution in [1.29, 1.82) is 0 Å². The maximum atomic E-state index is 10.5. The minimum Gasteiger partial charge on any atom is -0.384 e. The normalized spacial score (nSPS) is 14.3. The molecule has 22 heavy (non-hydrogen) atoms. The Labute approximate surface area is 133 Å². The van der Waals surface area contributed by atoms with Crippen molar-refractivity contribution in [1.82, 2.24) is 15.1 Å². The zero-order valence-corrected chi connectivity index (χ0v) is 14.0. The highest BCUT2D eigenvalue weighted by Gasteiger charge is 2.23. The lowest BCUT2D eigenvalue weighted by Crippen LogP contribution is -2.34. The average molecular weight is 301 g/mol. The van der Waals surface area contributed by atoms with Crippen LogP contribution in [0.4, 0.5) is 0 Å². The van der Waals surface area contributed by atoms with E-state index in [2.05, 4.69) is 48.5 Å². The summed E-state index contributed by atoms with van der Waals surface area (Å²) in [5, 5.41) is 17.9. The first-order chi connectivity index (χ1) is 10.4. The summed E-state index contributed by atoms with van der Waals surface area (Å²) in [6.45, 7) is 7.51. The van der Waals surface area contributed by atoms with Crippen LogP contribution >= 0.6 is 0 Å². The van der Waals surface area contributed by atoms with Gasteiger partial charge in [-0.2, -0.15) is 5.10 Å². The third kappa shape index (κ3) is 4.68. The van der Waals surface area contributed by atoms with Gasteiger partial charge in [0.2, 0.25) is 0 Å². The molecule has 4 nitrogen and oxygen atoms in total. The first-order valence-corrected chi connectivity index (χ1v) is 7.87. The van der Waals surface area contributed by atoms with Gasteiger partial charge in [-0.15, -0.1) is 0 Å². The second-order valence-corrected chi connectivity index (χ2v) is 6.69. The van der Waals surface area contributed by atoms with Crippen LogP contribution in [-0.4, -0.2) is 21.4 Å². The number of benzene rings is 1. The van der Waals surface area contributed by atoms with E-state index in [0.717, 1.165) is 18.5 Å². The molecule has 0 fully saturated rings. The number of rotatable bonds is 7. The Morgan fingerprint density at radius 2 is 1.86 bits per heavy atom. The third-order valence-corrected chi connectivity index (χ3v) is 3.79. The molecule has 0 spiro atoms. The quantitative estimate of drug-likeness (QED) is 0.826. The fourth-order valence-electron chi connectivity index (χ4n) is 2.52. The lowest BCUT2D eigenvalue weighted by Gasteiger charge is -2.22. The van der Waals surface area contributed by atoms with Crippen molar-refractivity contribution in [3.8, 4) is 0 Å². The van der Waals surface area contributed by atoms with E-state index in [1.807, 2.05) is 20.2 Å². The second-order valence-electron chi connectivity index (χ2n) is 6.69. The Bertz CT molecular complexity index is 585. The molecule has 1 atom stereocenters. The lowest BCUT2D eigenvalue weighted by molar-refractivity contribution is 0.0566. The molecule has 1 unspecified atom stereocenters. The van der Waals surface area contributed by atoms with Crippen molar-refractivity contribution in [3.05, 3.63) is 53.3 Å². The number of nitrogens with zero attached hydrogens (tertiary/aromatic N) is 2. The van der Waals surface area contributed by atoms with Gasteiger partial charge in [-0.3, -0.25) is 4.68 Å². The molecule has 1 heterocycles. The summed E-state index contributed by atoms with van der Waals surface area (Å²) in [6.07, 6.45) is 4.67. The summed E-state index contributed by atoms with van der Waals surface area (Å²) in [5.74, 6) is 0.679. The number of nitrogens with one attached hydrogen (secondary N) is 1. The smallest absolute Gasteiger partial charge is 0.102 e. The van der Waals surface area contributed by atoms with Crippen LogP contribution < -0.4 is 5.32 Å². The maximum Gasteiger partial charge on any atom is 0.102 e. The summed E-state index contributed by atoms with van der Waals surface area (Å²) in [5.41, 5.74) is 2.52. The van der Waals surface area contributed by atoms with E-state index in [1.54, 1.807) is 10.9 Å². The Morgan fingerprint density at radius 1 is 1.23 bits per heavy atom. The molecular weight excluding hydrogens is 274 g/mol. The van der Waals surface area contributed by atoms with E-state index in [-0.39, 0.29) is 0 Å². The summed E-state index contributed by atoms with van der Waals surface area (Å²) < 4.78 is 1.71. The number of aryl methyl sites for hydroxylation is 1. The van der Waals surface area contributed by atoms with Gasteiger partial charge < -0.3 is 10.4 Å². The fourth-order valence-corrected chi connectivity index (χ4v) is 2.52. The fraction of sp³-hybridized carbons (Fsp3) is 0.500. The van der Waals surface area contributed by atoms with Gasteiger partial charge in [0.25, 0.3) is 0 Å². The van der Waals surface area contributed by atoms with Crippen molar-refractivity contribution in [3.63, 3.8) is 0 Å². The van der Waals surface area contributed by atoms with Gasteiger partial charge in [-0.05, 0) is 30.4 Å². The second kappa shape index (κ2) is 7.07. The van der Waals surface area contributed by atoms with Crippen molar-refractivity contribution < 1.29 is 5.11 Å². The molecule has 0 amide bonds. The topological polar surface area (TPSA) is 50.1 Å². The SMILES string of the molecule is CC(C)Cc1ccc(CNCC(C)(O)c2cnn(C)c2)cc1. The monoisotopic (exact) mass is 301 g/mol. The highest BCUT2D eigenvalue weighted by atomic mass is 16.3. The van der Waals surface area contributed by atoms with Crippen LogP contribution in [0.2, 0.25) is 0 Å². The third-order valence-electron chi connectivity index (χ3n) is 3.79. The van der Waals surface area contributed by atoms with E-state index in [9.17, 15) is 5.11 Å². The zero-order chi connectivity index (χ0) is 16.2. The molecule has 2 aromatic rings. The van der Waals surface area contributed by atoms with E-state index in [4.69, 9.17) is 0 Å². The number of aromatic nitrogens is 2. The zero-order valence-electron chi connectivity index (χ0n) is 14.0. The molecular formula is C18H27N3O. The molecule has 0 aliphatic carbocycles. The Kier molecular flexibility index (Phi) is 5.37. The molecule has 0 bridgehead atoms. The first kappa shape index (κ1) is 16.7.